The molecule has 2 heterocycles. The largest absolute Gasteiger partial charge is 0.308 e. The number of aryl methyl sites for hydroxylation is 2. The quantitative estimate of drug-likeness (QED) is 0.882. The fourth-order valence-corrected chi connectivity index (χ4v) is 2.40. The van der Waals surface area contributed by atoms with E-state index in [-0.39, 0.29) is 0 Å². The number of hydrogen-bond donors (Lipinski definition) is 1. The van der Waals surface area contributed by atoms with Gasteiger partial charge in [-0.25, -0.2) is 4.68 Å². The Morgan fingerprint density at radius 1 is 1.45 bits per heavy atom. The Balaban J connectivity index is 1.70. The van der Waals surface area contributed by atoms with Crippen LogP contribution in [0.3, 0.4) is 0 Å². The third-order valence-electron chi connectivity index (χ3n) is 3.50. The highest BCUT2D eigenvalue weighted by Crippen LogP contribution is 2.21. The van der Waals surface area contributed by atoms with Gasteiger partial charge < -0.3 is 5.32 Å². The molecule has 7 heteroatoms. The molecule has 0 aromatic carbocycles. The van der Waals surface area contributed by atoms with Crippen molar-refractivity contribution in [3.8, 4) is 0 Å². The van der Waals surface area contributed by atoms with Gasteiger partial charge >= 0.3 is 0 Å². The second kappa shape index (κ2) is 5.54. The van der Waals surface area contributed by atoms with Crippen LogP contribution in [0.5, 0.6) is 0 Å². The monoisotopic (exact) mass is 294 g/mol. The van der Waals surface area contributed by atoms with Crippen molar-refractivity contribution >= 4 is 11.6 Å². The van der Waals surface area contributed by atoms with Crippen molar-refractivity contribution in [1.29, 1.82) is 0 Å². The van der Waals surface area contributed by atoms with Crippen LogP contribution in [0.25, 0.3) is 0 Å². The van der Waals surface area contributed by atoms with Crippen LogP contribution in [0.4, 0.5) is 0 Å². The van der Waals surface area contributed by atoms with Gasteiger partial charge in [-0.15, -0.1) is 5.10 Å². The van der Waals surface area contributed by atoms with E-state index in [1.54, 1.807) is 0 Å². The first kappa shape index (κ1) is 13.6. The Morgan fingerprint density at radius 2 is 2.25 bits per heavy atom. The van der Waals surface area contributed by atoms with E-state index in [2.05, 4.69) is 27.7 Å². The molecule has 0 unspecified atom stereocenters. The second-order valence-corrected chi connectivity index (χ2v) is 5.60. The molecule has 0 aliphatic heterocycles. The molecule has 6 nitrogen and oxygen atoms in total. The summed E-state index contributed by atoms with van der Waals surface area (Å²) in [6.45, 7) is 6.16. The Labute approximate surface area is 123 Å². The van der Waals surface area contributed by atoms with E-state index in [1.165, 1.54) is 12.8 Å². The van der Waals surface area contributed by atoms with Crippen molar-refractivity contribution in [2.24, 2.45) is 0 Å². The van der Waals surface area contributed by atoms with E-state index in [0.717, 1.165) is 35.2 Å². The highest BCUT2D eigenvalue weighted by Gasteiger charge is 2.20. The number of nitrogens with zero attached hydrogens (tertiary/aromatic N) is 5. The zero-order chi connectivity index (χ0) is 14.1. The van der Waals surface area contributed by atoms with Crippen molar-refractivity contribution in [2.45, 2.75) is 52.4 Å². The predicted molar refractivity (Wildman–Crippen MR) is 76.6 cm³/mol. The van der Waals surface area contributed by atoms with Gasteiger partial charge in [-0.05, 0) is 26.7 Å². The van der Waals surface area contributed by atoms with Crippen LogP contribution in [0.2, 0.25) is 5.02 Å². The molecule has 0 spiro atoms. The number of halogens is 1. The highest BCUT2D eigenvalue weighted by atomic mass is 35.5. The first-order chi connectivity index (χ1) is 9.67. The third kappa shape index (κ3) is 2.86. The van der Waals surface area contributed by atoms with Crippen LogP contribution in [-0.4, -0.2) is 30.8 Å². The van der Waals surface area contributed by atoms with E-state index in [9.17, 15) is 0 Å². The maximum absolute atomic E-state index is 6.30. The van der Waals surface area contributed by atoms with Gasteiger partial charge in [0.15, 0.2) is 0 Å². The molecule has 1 fully saturated rings. The standard InChI is InChI=1S/C13H19ClN6/c1-3-20-12(13(14)9(2)17-20)8-19-7-11(16-18-19)6-15-10-4-5-10/h7,10,15H,3-6,8H2,1-2H3. The summed E-state index contributed by atoms with van der Waals surface area (Å²) in [6, 6.07) is 0.679. The van der Waals surface area contributed by atoms with Crippen molar-refractivity contribution in [2.75, 3.05) is 0 Å². The molecule has 1 aliphatic carbocycles. The van der Waals surface area contributed by atoms with Crippen molar-refractivity contribution in [1.82, 2.24) is 30.1 Å². The summed E-state index contributed by atoms with van der Waals surface area (Å²) in [5, 5.41) is 16.9. The summed E-state index contributed by atoms with van der Waals surface area (Å²) in [5.74, 6) is 0. The van der Waals surface area contributed by atoms with E-state index < -0.39 is 0 Å². The van der Waals surface area contributed by atoms with Crippen LogP contribution in [0.15, 0.2) is 6.20 Å². The summed E-state index contributed by atoms with van der Waals surface area (Å²) in [6.07, 6.45) is 4.52. The van der Waals surface area contributed by atoms with Crippen molar-refractivity contribution < 1.29 is 0 Å². The maximum atomic E-state index is 6.30. The number of hydrogen-bond acceptors (Lipinski definition) is 4. The summed E-state index contributed by atoms with van der Waals surface area (Å²) in [5.41, 5.74) is 2.81. The number of nitrogens with one attached hydrogen (secondary N) is 1. The van der Waals surface area contributed by atoms with Crippen LogP contribution >= 0.6 is 11.6 Å². The lowest BCUT2D eigenvalue weighted by Gasteiger charge is -2.04. The minimum absolute atomic E-state index is 0.601. The van der Waals surface area contributed by atoms with E-state index in [4.69, 9.17) is 11.6 Å². The first-order valence-electron chi connectivity index (χ1n) is 7.01. The molecule has 2 aromatic heterocycles. The van der Waals surface area contributed by atoms with Crippen LogP contribution in [0, 0.1) is 6.92 Å². The molecule has 108 valence electrons. The molecule has 2 aromatic rings. The van der Waals surface area contributed by atoms with Crippen LogP contribution in [-0.2, 0) is 19.6 Å². The Morgan fingerprint density at radius 3 is 2.95 bits per heavy atom. The molecular weight excluding hydrogens is 276 g/mol. The average Bonchev–Trinajstić information content (AvgIpc) is 3.11. The average molecular weight is 295 g/mol. The molecule has 20 heavy (non-hydrogen) atoms. The van der Waals surface area contributed by atoms with Gasteiger partial charge in [0.1, 0.15) is 0 Å². The fraction of sp³-hybridized carbons (Fsp3) is 0.615. The topological polar surface area (TPSA) is 60.6 Å². The van der Waals surface area contributed by atoms with Crippen LogP contribution < -0.4 is 5.32 Å². The fourth-order valence-electron chi connectivity index (χ4n) is 2.21. The smallest absolute Gasteiger partial charge is 0.0965 e. The second-order valence-electron chi connectivity index (χ2n) is 5.22. The van der Waals surface area contributed by atoms with Crippen molar-refractivity contribution in [3.63, 3.8) is 0 Å². The lowest BCUT2D eigenvalue weighted by Crippen LogP contribution is -2.15. The van der Waals surface area contributed by atoms with Crippen molar-refractivity contribution in [3.05, 3.63) is 28.3 Å². The van der Waals surface area contributed by atoms with E-state index >= 15 is 0 Å². The van der Waals surface area contributed by atoms with Gasteiger partial charge in [0.25, 0.3) is 0 Å². The lowest BCUT2D eigenvalue weighted by atomic mass is 10.3. The first-order valence-corrected chi connectivity index (χ1v) is 7.39. The van der Waals surface area contributed by atoms with Crippen LogP contribution in [0.1, 0.15) is 36.8 Å². The molecule has 0 saturated heterocycles. The minimum atomic E-state index is 0.601. The summed E-state index contributed by atoms with van der Waals surface area (Å²) >= 11 is 6.30. The molecule has 0 radical (unpaired) electrons. The molecule has 0 atom stereocenters. The van der Waals surface area contributed by atoms with Gasteiger partial charge in [0.2, 0.25) is 0 Å². The lowest BCUT2D eigenvalue weighted by molar-refractivity contribution is 0.565. The molecule has 0 bridgehead atoms. The number of aromatic nitrogens is 5. The number of rotatable bonds is 6. The normalized spacial score (nSPS) is 14.9. The Bertz CT molecular complexity index is 598. The van der Waals surface area contributed by atoms with E-state index in [0.29, 0.717) is 12.6 Å². The third-order valence-corrected chi connectivity index (χ3v) is 3.99. The maximum Gasteiger partial charge on any atom is 0.0965 e. The van der Waals surface area contributed by atoms with E-state index in [1.807, 2.05) is 22.5 Å². The Kier molecular flexibility index (Phi) is 3.76. The predicted octanol–water partition coefficient (Wildman–Crippen LogP) is 1.76. The molecule has 1 aliphatic rings. The van der Waals surface area contributed by atoms with Gasteiger partial charge in [-0.2, -0.15) is 5.10 Å². The van der Waals surface area contributed by atoms with Gasteiger partial charge in [-0.3, -0.25) is 4.68 Å². The molecule has 1 N–H and O–H groups in total. The summed E-state index contributed by atoms with van der Waals surface area (Å²) in [4.78, 5) is 0. The SMILES string of the molecule is CCn1nc(C)c(Cl)c1Cn1cc(CNC2CC2)nn1. The molecule has 3 rings (SSSR count). The highest BCUT2D eigenvalue weighted by molar-refractivity contribution is 6.31. The minimum Gasteiger partial charge on any atom is -0.308 e. The zero-order valence-electron chi connectivity index (χ0n) is 11.8. The molecular formula is C13H19ClN6. The van der Waals surface area contributed by atoms with Gasteiger partial charge in [-0.1, -0.05) is 16.8 Å². The summed E-state index contributed by atoms with van der Waals surface area (Å²) in [7, 11) is 0. The zero-order valence-corrected chi connectivity index (χ0v) is 12.6. The van der Waals surface area contributed by atoms with Gasteiger partial charge in [0, 0.05) is 19.1 Å². The Hall–Kier alpha value is -1.40. The molecule has 0 amide bonds. The molecule has 1 saturated carbocycles. The summed E-state index contributed by atoms with van der Waals surface area (Å²) < 4.78 is 3.74. The van der Waals surface area contributed by atoms with Gasteiger partial charge in [0.05, 0.1) is 34.8 Å².